The number of nitrogens with one attached hydrogen (secondary N) is 2. The average molecular weight is 473 g/mol. The number of benzene rings is 1. The highest BCUT2D eigenvalue weighted by Crippen LogP contribution is 2.35. The monoisotopic (exact) mass is 472 g/mol. The second kappa shape index (κ2) is 8.98. The highest BCUT2D eigenvalue weighted by Gasteiger charge is 2.30. The number of aromatic nitrogens is 3. The largest absolute Gasteiger partial charge is 0.417 e. The molecule has 1 aliphatic carbocycles. The number of hydrogen-bond acceptors (Lipinski definition) is 6. The number of fused-ring (bicyclic) bond motifs is 1. The molecule has 34 heavy (non-hydrogen) atoms. The first-order chi connectivity index (χ1) is 16.3. The van der Waals surface area contributed by atoms with Crippen LogP contribution in [0.1, 0.15) is 38.5 Å². The van der Waals surface area contributed by atoms with Gasteiger partial charge in [0.05, 0.1) is 18.6 Å². The Morgan fingerprint density at radius 1 is 1.21 bits per heavy atom. The lowest BCUT2D eigenvalue weighted by atomic mass is 10.0. The van der Waals surface area contributed by atoms with Crippen LogP contribution >= 0.6 is 0 Å². The maximum absolute atomic E-state index is 14.2. The molecule has 0 unspecified atom stereocenters. The van der Waals surface area contributed by atoms with Gasteiger partial charge < -0.3 is 24.5 Å². The predicted octanol–water partition coefficient (Wildman–Crippen LogP) is 3.88. The summed E-state index contributed by atoms with van der Waals surface area (Å²) in [5.74, 6) is -2.48. The third-order valence-electron chi connectivity index (χ3n) is 6.51. The Balaban J connectivity index is 1.45. The molecule has 1 saturated carbocycles. The Morgan fingerprint density at radius 2 is 1.97 bits per heavy atom. The topological polar surface area (TPSA) is 88.2 Å². The van der Waals surface area contributed by atoms with Gasteiger partial charge >= 0.3 is 0 Å². The van der Waals surface area contributed by atoms with Crippen LogP contribution in [0, 0.1) is 5.92 Å². The molecule has 1 amide bonds. The van der Waals surface area contributed by atoms with Crippen molar-refractivity contribution in [3.05, 3.63) is 30.2 Å². The highest BCUT2D eigenvalue weighted by atomic mass is 19.3. The maximum Gasteiger partial charge on any atom is 0.264 e. The molecule has 0 bridgehead atoms. The third kappa shape index (κ3) is 5.06. The van der Waals surface area contributed by atoms with Crippen molar-refractivity contribution in [3.8, 4) is 11.6 Å². The summed E-state index contributed by atoms with van der Waals surface area (Å²) in [6.07, 6.45) is 3.85. The van der Waals surface area contributed by atoms with E-state index in [4.69, 9.17) is 4.42 Å². The molecule has 0 radical (unpaired) electrons. The summed E-state index contributed by atoms with van der Waals surface area (Å²) in [5.41, 5.74) is 2.01. The smallest absolute Gasteiger partial charge is 0.264 e. The number of rotatable bonds is 8. The number of halogens is 2. The zero-order valence-corrected chi connectivity index (χ0v) is 19.5. The number of likely N-dealkylation sites (tertiary alicyclic amines) is 1. The van der Waals surface area contributed by atoms with Crippen LogP contribution in [0.15, 0.2) is 28.7 Å². The number of nitrogens with zero attached hydrogens (tertiary/aromatic N) is 4. The molecule has 1 aromatic carbocycles. The van der Waals surface area contributed by atoms with Crippen LogP contribution in [0.3, 0.4) is 0 Å². The molecule has 1 saturated heterocycles. The van der Waals surface area contributed by atoms with Gasteiger partial charge in [-0.25, -0.2) is 8.78 Å². The number of alkyl halides is 2. The van der Waals surface area contributed by atoms with Gasteiger partial charge in [0.2, 0.25) is 11.8 Å². The van der Waals surface area contributed by atoms with Gasteiger partial charge in [-0.15, -0.1) is 10.2 Å². The third-order valence-corrected chi connectivity index (χ3v) is 6.51. The quantitative estimate of drug-likeness (QED) is 0.517. The summed E-state index contributed by atoms with van der Waals surface area (Å²) in [7, 11) is 2.12. The number of carbonyl (C=O) groups excluding carboxylic acids is 1. The van der Waals surface area contributed by atoms with Crippen LogP contribution in [0.4, 0.5) is 14.5 Å². The fraction of sp³-hybridized carbons (Fsp3) is 0.542. The zero-order valence-electron chi connectivity index (χ0n) is 19.5. The first-order valence-corrected chi connectivity index (χ1v) is 11.8. The summed E-state index contributed by atoms with van der Waals surface area (Å²) < 4.78 is 35.6. The minimum absolute atomic E-state index is 0.0240. The van der Waals surface area contributed by atoms with E-state index in [9.17, 15) is 13.6 Å². The summed E-state index contributed by atoms with van der Waals surface area (Å²) >= 11 is 0. The standard InChI is InChI=1S/C24H30F2N6O2/c1-24(25,26)14-32-19-5-3-4-18(28-16-8-10-31(2)11-9-16)17(19)12-20(32)23-30-29-21(34-23)13-27-22(33)15-6-7-15/h3-5,12,15-16,28H,6-11,13-14H2,1-2H3,(H,27,33). The van der Waals surface area contributed by atoms with E-state index in [-0.39, 0.29) is 30.2 Å². The van der Waals surface area contributed by atoms with E-state index in [0.717, 1.165) is 56.8 Å². The number of hydrogen-bond donors (Lipinski definition) is 2. The van der Waals surface area contributed by atoms with E-state index < -0.39 is 12.5 Å². The predicted molar refractivity (Wildman–Crippen MR) is 125 cm³/mol. The number of piperidine rings is 1. The lowest BCUT2D eigenvalue weighted by molar-refractivity contribution is -0.122. The van der Waals surface area contributed by atoms with E-state index in [0.29, 0.717) is 17.3 Å². The van der Waals surface area contributed by atoms with Gasteiger partial charge in [0.15, 0.2) is 0 Å². The lowest BCUT2D eigenvalue weighted by Gasteiger charge is -2.30. The van der Waals surface area contributed by atoms with Crippen molar-refractivity contribution in [1.82, 2.24) is 25.0 Å². The molecule has 3 aromatic rings. The van der Waals surface area contributed by atoms with Crippen molar-refractivity contribution in [2.75, 3.05) is 25.5 Å². The molecule has 2 fully saturated rings. The SMILES string of the molecule is CN1CCC(Nc2cccc3c2cc(-c2nnc(CNC(=O)C4CC4)o2)n3CC(C)(F)F)CC1. The van der Waals surface area contributed by atoms with Crippen LogP contribution in [-0.2, 0) is 17.9 Å². The molecule has 3 heterocycles. The van der Waals surface area contributed by atoms with Gasteiger partial charge in [-0.2, -0.15) is 0 Å². The Hall–Kier alpha value is -3.01. The second-order valence-corrected chi connectivity index (χ2v) is 9.64. The molecule has 0 spiro atoms. The van der Waals surface area contributed by atoms with E-state index in [1.807, 2.05) is 24.3 Å². The Morgan fingerprint density at radius 3 is 2.68 bits per heavy atom. The van der Waals surface area contributed by atoms with Crippen molar-refractivity contribution in [3.63, 3.8) is 0 Å². The molecule has 8 nitrogen and oxygen atoms in total. The van der Waals surface area contributed by atoms with Gasteiger partial charge in [-0.05, 0) is 64.0 Å². The fourth-order valence-electron chi connectivity index (χ4n) is 4.49. The zero-order chi connectivity index (χ0) is 23.9. The average Bonchev–Trinajstić information content (AvgIpc) is 3.44. The summed E-state index contributed by atoms with van der Waals surface area (Å²) in [6, 6.07) is 7.84. The maximum atomic E-state index is 14.2. The second-order valence-electron chi connectivity index (χ2n) is 9.64. The van der Waals surface area contributed by atoms with Crippen molar-refractivity contribution < 1.29 is 18.0 Å². The van der Waals surface area contributed by atoms with E-state index in [1.165, 1.54) is 4.57 Å². The van der Waals surface area contributed by atoms with E-state index in [1.54, 1.807) is 0 Å². The summed E-state index contributed by atoms with van der Waals surface area (Å²) in [5, 5.41) is 15.4. The van der Waals surface area contributed by atoms with E-state index in [2.05, 4.69) is 32.8 Å². The molecule has 2 N–H and O–H groups in total. The molecule has 0 atom stereocenters. The summed E-state index contributed by atoms with van der Waals surface area (Å²) in [4.78, 5) is 14.2. The first-order valence-electron chi connectivity index (χ1n) is 11.8. The van der Waals surface area contributed by atoms with Crippen molar-refractivity contribution >= 4 is 22.5 Å². The van der Waals surface area contributed by atoms with Crippen LogP contribution in [0.2, 0.25) is 0 Å². The fourth-order valence-corrected chi connectivity index (χ4v) is 4.49. The molecule has 2 aromatic heterocycles. The van der Waals surface area contributed by atoms with Crippen molar-refractivity contribution in [2.45, 2.75) is 57.7 Å². The first kappa shape index (κ1) is 22.8. The van der Waals surface area contributed by atoms with Gasteiger partial charge in [0.25, 0.3) is 11.8 Å². The van der Waals surface area contributed by atoms with E-state index >= 15 is 0 Å². The number of anilines is 1. The highest BCUT2D eigenvalue weighted by molar-refractivity contribution is 5.96. The number of carbonyl (C=O) groups is 1. The molecule has 1 aliphatic heterocycles. The minimum Gasteiger partial charge on any atom is -0.417 e. The van der Waals surface area contributed by atoms with Crippen molar-refractivity contribution in [2.24, 2.45) is 5.92 Å². The lowest BCUT2D eigenvalue weighted by Crippen LogP contribution is -2.36. The Bertz CT molecular complexity index is 1170. The Labute approximate surface area is 196 Å². The molecule has 10 heteroatoms. The van der Waals surface area contributed by atoms with Crippen molar-refractivity contribution in [1.29, 1.82) is 0 Å². The van der Waals surface area contributed by atoms with Crippen LogP contribution in [0.25, 0.3) is 22.5 Å². The normalized spacial score (nSPS) is 17.9. The van der Waals surface area contributed by atoms with Gasteiger partial charge in [0, 0.05) is 30.0 Å². The molecule has 182 valence electrons. The molecular weight excluding hydrogens is 442 g/mol. The van der Waals surface area contributed by atoms with Crippen LogP contribution in [-0.4, -0.2) is 57.7 Å². The number of amides is 1. The molecule has 5 rings (SSSR count). The molecule has 2 aliphatic rings. The van der Waals surface area contributed by atoms with Gasteiger partial charge in [0.1, 0.15) is 5.69 Å². The van der Waals surface area contributed by atoms with Gasteiger partial charge in [-0.3, -0.25) is 4.79 Å². The Kier molecular flexibility index (Phi) is 6.01. The van der Waals surface area contributed by atoms with Crippen LogP contribution in [0.5, 0.6) is 0 Å². The minimum atomic E-state index is -2.93. The molecular formula is C24H30F2N6O2. The van der Waals surface area contributed by atoms with Crippen LogP contribution < -0.4 is 10.6 Å². The summed E-state index contributed by atoms with van der Waals surface area (Å²) in [6.45, 7) is 2.54. The van der Waals surface area contributed by atoms with Gasteiger partial charge in [-0.1, -0.05) is 6.07 Å².